The molecule has 0 unspecified atom stereocenters. The lowest BCUT2D eigenvalue weighted by Crippen LogP contribution is -2.24. The van der Waals surface area contributed by atoms with Crippen molar-refractivity contribution in [3.05, 3.63) is 50.1 Å². The molecule has 7 heteroatoms. The predicted octanol–water partition coefficient (Wildman–Crippen LogP) is 3.89. The number of rotatable bonds is 5. The van der Waals surface area contributed by atoms with Crippen LogP contribution in [-0.2, 0) is 4.79 Å². The third kappa shape index (κ3) is 5.04. The fourth-order valence-corrected chi connectivity index (χ4v) is 2.67. The average Bonchev–Trinajstić information content (AvgIpc) is 2.83. The number of thiophene rings is 1. The third-order valence-electron chi connectivity index (χ3n) is 2.39. The van der Waals surface area contributed by atoms with Crippen LogP contribution in [0.15, 0.2) is 35.4 Å². The van der Waals surface area contributed by atoms with E-state index in [4.69, 9.17) is 27.9 Å². The van der Waals surface area contributed by atoms with Crippen molar-refractivity contribution in [3.63, 3.8) is 0 Å². The fraction of sp³-hybridized carbons (Fsp3) is 0.143. The van der Waals surface area contributed by atoms with Crippen molar-refractivity contribution in [1.82, 2.24) is 5.43 Å². The predicted molar refractivity (Wildman–Crippen MR) is 86.7 cm³/mol. The van der Waals surface area contributed by atoms with Crippen molar-refractivity contribution in [1.29, 1.82) is 0 Å². The highest BCUT2D eigenvalue weighted by molar-refractivity contribution is 7.13. The summed E-state index contributed by atoms with van der Waals surface area (Å²) >= 11 is 13.3. The van der Waals surface area contributed by atoms with Crippen LogP contribution >= 0.6 is 34.5 Å². The van der Waals surface area contributed by atoms with Gasteiger partial charge in [-0.1, -0.05) is 23.2 Å². The summed E-state index contributed by atoms with van der Waals surface area (Å²) < 4.78 is 5.29. The van der Waals surface area contributed by atoms with Crippen LogP contribution in [0.2, 0.25) is 10.0 Å². The third-order valence-corrected chi connectivity index (χ3v) is 3.86. The molecule has 0 radical (unpaired) electrons. The largest absolute Gasteiger partial charge is 0.482 e. The Morgan fingerprint density at radius 3 is 2.86 bits per heavy atom. The first-order valence-corrected chi connectivity index (χ1v) is 7.58. The van der Waals surface area contributed by atoms with E-state index in [1.807, 2.05) is 19.1 Å². The number of aryl methyl sites for hydroxylation is 1. The number of benzene rings is 1. The lowest BCUT2D eigenvalue weighted by atomic mass is 10.3. The molecule has 21 heavy (non-hydrogen) atoms. The lowest BCUT2D eigenvalue weighted by molar-refractivity contribution is -0.123. The fourth-order valence-electron chi connectivity index (χ4n) is 1.46. The zero-order valence-corrected chi connectivity index (χ0v) is 13.4. The van der Waals surface area contributed by atoms with E-state index < -0.39 is 0 Å². The molecule has 1 aromatic heterocycles. The van der Waals surface area contributed by atoms with E-state index in [2.05, 4.69) is 10.5 Å². The molecule has 1 aromatic carbocycles. The molecule has 0 fully saturated rings. The summed E-state index contributed by atoms with van der Waals surface area (Å²) in [6.45, 7) is 1.83. The second kappa shape index (κ2) is 7.45. The average molecular weight is 343 g/mol. The van der Waals surface area contributed by atoms with Gasteiger partial charge in [-0.3, -0.25) is 4.79 Å². The maximum absolute atomic E-state index is 11.6. The number of hydrazone groups is 1. The molecular weight excluding hydrogens is 331 g/mol. The van der Waals surface area contributed by atoms with E-state index in [0.29, 0.717) is 15.8 Å². The first-order valence-electron chi connectivity index (χ1n) is 6.01. The highest BCUT2D eigenvalue weighted by Gasteiger charge is 2.05. The Labute approximate surface area is 136 Å². The van der Waals surface area contributed by atoms with Crippen LogP contribution in [0.5, 0.6) is 5.75 Å². The molecule has 0 bridgehead atoms. The van der Waals surface area contributed by atoms with Gasteiger partial charge in [0.1, 0.15) is 5.75 Å². The quantitative estimate of drug-likeness (QED) is 0.661. The van der Waals surface area contributed by atoms with Crippen LogP contribution in [0, 0.1) is 6.92 Å². The first-order chi connectivity index (χ1) is 10.0. The molecule has 1 N–H and O–H groups in total. The van der Waals surface area contributed by atoms with Crippen molar-refractivity contribution in [2.24, 2.45) is 5.10 Å². The standard InChI is InChI=1S/C14H12Cl2N2O2S/c1-9-2-4-11(21-9)7-17-18-14(19)8-20-13-5-3-10(15)6-12(13)16/h2-7H,8H2,1H3,(H,18,19). The Morgan fingerprint density at radius 2 is 2.19 bits per heavy atom. The minimum absolute atomic E-state index is 0.178. The van der Waals surface area contributed by atoms with Crippen LogP contribution in [0.3, 0.4) is 0 Å². The van der Waals surface area contributed by atoms with Crippen LogP contribution < -0.4 is 10.2 Å². The van der Waals surface area contributed by atoms with Crippen LogP contribution in [0.4, 0.5) is 0 Å². The molecule has 110 valence electrons. The van der Waals surface area contributed by atoms with Gasteiger partial charge >= 0.3 is 0 Å². The van der Waals surface area contributed by atoms with Gasteiger partial charge in [0, 0.05) is 14.8 Å². The smallest absolute Gasteiger partial charge is 0.277 e. The van der Waals surface area contributed by atoms with Crippen molar-refractivity contribution < 1.29 is 9.53 Å². The molecule has 1 heterocycles. The van der Waals surface area contributed by atoms with Crippen LogP contribution in [0.25, 0.3) is 0 Å². The Morgan fingerprint density at radius 1 is 1.38 bits per heavy atom. The SMILES string of the molecule is Cc1ccc(C=NNC(=O)COc2ccc(Cl)cc2Cl)s1. The van der Waals surface area contributed by atoms with E-state index in [1.54, 1.807) is 35.8 Å². The molecule has 2 aromatic rings. The second-order valence-electron chi connectivity index (χ2n) is 4.11. The molecular formula is C14H12Cl2N2O2S. The molecule has 0 saturated heterocycles. The van der Waals surface area contributed by atoms with Gasteiger partial charge in [-0.25, -0.2) is 5.43 Å². The minimum atomic E-state index is -0.370. The number of hydrogen-bond donors (Lipinski definition) is 1. The summed E-state index contributed by atoms with van der Waals surface area (Å²) in [7, 11) is 0. The molecule has 1 amide bonds. The maximum Gasteiger partial charge on any atom is 0.277 e. The number of nitrogens with one attached hydrogen (secondary N) is 1. The Kier molecular flexibility index (Phi) is 5.61. The molecule has 0 aliphatic carbocycles. The summed E-state index contributed by atoms with van der Waals surface area (Å²) in [5.41, 5.74) is 2.38. The molecule has 0 saturated carbocycles. The minimum Gasteiger partial charge on any atom is -0.482 e. The van der Waals surface area contributed by atoms with Gasteiger partial charge in [0.15, 0.2) is 6.61 Å². The summed E-state index contributed by atoms with van der Waals surface area (Å²) in [5, 5.41) is 4.72. The van der Waals surface area contributed by atoms with Gasteiger partial charge in [-0.15, -0.1) is 11.3 Å². The number of halogens is 2. The van der Waals surface area contributed by atoms with Crippen LogP contribution in [-0.4, -0.2) is 18.7 Å². The Bertz CT molecular complexity index is 671. The van der Waals surface area contributed by atoms with Gasteiger partial charge in [0.25, 0.3) is 5.91 Å². The van der Waals surface area contributed by atoms with E-state index >= 15 is 0 Å². The molecule has 0 aliphatic heterocycles. The van der Waals surface area contributed by atoms with Gasteiger partial charge < -0.3 is 4.74 Å². The number of ether oxygens (including phenoxy) is 1. The van der Waals surface area contributed by atoms with Crippen molar-refractivity contribution >= 4 is 46.7 Å². The molecule has 2 rings (SSSR count). The summed E-state index contributed by atoms with van der Waals surface area (Å²) in [5.74, 6) is 0.0274. The van der Waals surface area contributed by atoms with E-state index in [9.17, 15) is 4.79 Å². The van der Waals surface area contributed by atoms with Gasteiger partial charge in [0.2, 0.25) is 0 Å². The molecule has 0 spiro atoms. The van der Waals surface area contributed by atoms with Gasteiger partial charge in [-0.05, 0) is 37.3 Å². The van der Waals surface area contributed by atoms with E-state index in [-0.39, 0.29) is 12.5 Å². The molecule has 0 aliphatic rings. The highest BCUT2D eigenvalue weighted by Crippen LogP contribution is 2.27. The van der Waals surface area contributed by atoms with Crippen molar-refractivity contribution in [2.45, 2.75) is 6.92 Å². The topological polar surface area (TPSA) is 50.7 Å². The van der Waals surface area contributed by atoms with Crippen LogP contribution in [0.1, 0.15) is 9.75 Å². The number of nitrogens with zero attached hydrogens (tertiary/aromatic N) is 1. The summed E-state index contributed by atoms with van der Waals surface area (Å²) in [6.07, 6.45) is 1.59. The van der Waals surface area contributed by atoms with E-state index in [0.717, 1.165) is 4.88 Å². The number of carbonyl (C=O) groups excluding carboxylic acids is 1. The highest BCUT2D eigenvalue weighted by atomic mass is 35.5. The number of carbonyl (C=O) groups is 1. The first kappa shape index (κ1) is 15.8. The van der Waals surface area contributed by atoms with E-state index in [1.165, 1.54) is 4.88 Å². The maximum atomic E-state index is 11.6. The second-order valence-corrected chi connectivity index (χ2v) is 6.27. The summed E-state index contributed by atoms with van der Waals surface area (Å²) in [6, 6.07) is 8.71. The summed E-state index contributed by atoms with van der Waals surface area (Å²) in [4.78, 5) is 13.7. The van der Waals surface area contributed by atoms with Gasteiger partial charge in [-0.2, -0.15) is 5.10 Å². The van der Waals surface area contributed by atoms with Gasteiger partial charge in [0.05, 0.1) is 11.2 Å². The Hall–Kier alpha value is -1.56. The molecule has 4 nitrogen and oxygen atoms in total. The van der Waals surface area contributed by atoms with Crippen molar-refractivity contribution in [3.8, 4) is 5.75 Å². The van der Waals surface area contributed by atoms with Crippen molar-refractivity contribution in [2.75, 3.05) is 6.61 Å². The zero-order chi connectivity index (χ0) is 15.2. The number of hydrogen-bond acceptors (Lipinski definition) is 4. The lowest BCUT2D eigenvalue weighted by Gasteiger charge is -2.06. The Balaban J connectivity index is 1.81. The monoisotopic (exact) mass is 342 g/mol. The zero-order valence-electron chi connectivity index (χ0n) is 11.1. The number of amides is 1. The molecule has 0 atom stereocenters. The normalized spacial score (nSPS) is 10.8.